The Balaban J connectivity index is 2.10. The van der Waals surface area contributed by atoms with Gasteiger partial charge in [-0.1, -0.05) is 35.9 Å². The second kappa shape index (κ2) is 8.48. The molecule has 2 aromatic rings. The summed E-state index contributed by atoms with van der Waals surface area (Å²) in [6.45, 7) is 10.5. The molecule has 0 bridgehead atoms. The highest BCUT2D eigenvalue weighted by Gasteiger charge is 2.40. The maximum Gasteiger partial charge on any atom is 0.514 e. The first-order valence-electron chi connectivity index (χ1n) is 10.1. The highest BCUT2D eigenvalue weighted by Crippen LogP contribution is 2.36. The Bertz CT molecular complexity index is 1040. The summed E-state index contributed by atoms with van der Waals surface area (Å²) in [6.07, 6.45) is -0.873. The molecule has 0 fully saturated rings. The number of benzene rings is 2. The zero-order chi connectivity index (χ0) is 23.0. The Labute approximate surface area is 188 Å². The summed E-state index contributed by atoms with van der Waals surface area (Å²) in [5.41, 5.74) is 2.00. The third kappa shape index (κ3) is 5.35. The molecule has 0 saturated heterocycles. The van der Waals surface area contributed by atoms with Crippen LogP contribution in [-0.2, 0) is 19.0 Å². The molecule has 0 N–H and O–H groups in total. The molecular weight excluding hydrogens is 416 g/mol. The lowest BCUT2D eigenvalue weighted by atomic mass is 9.85. The molecule has 0 amide bonds. The molecule has 0 saturated carbocycles. The van der Waals surface area contributed by atoms with Crippen molar-refractivity contribution in [3.05, 3.63) is 64.4 Å². The minimum absolute atomic E-state index is 0.0159. The largest absolute Gasteiger partial charge is 0.514 e. The second-order valence-electron chi connectivity index (χ2n) is 9.03. The van der Waals surface area contributed by atoms with E-state index in [2.05, 4.69) is 0 Å². The fourth-order valence-corrected chi connectivity index (χ4v) is 3.38. The summed E-state index contributed by atoms with van der Waals surface area (Å²) >= 11 is 6.01. The van der Waals surface area contributed by atoms with Crippen molar-refractivity contribution in [1.29, 1.82) is 0 Å². The predicted molar refractivity (Wildman–Crippen MR) is 121 cm³/mol. The zero-order valence-corrected chi connectivity index (χ0v) is 19.4. The van der Waals surface area contributed by atoms with Gasteiger partial charge in [-0.15, -0.1) is 0 Å². The highest BCUT2D eigenvalue weighted by molar-refractivity contribution is 6.30. The third-order valence-corrected chi connectivity index (χ3v) is 5.15. The minimum atomic E-state index is -1.04. The average Bonchev–Trinajstić information content (AvgIpc) is 2.65. The van der Waals surface area contributed by atoms with E-state index in [9.17, 15) is 9.59 Å². The van der Waals surface area contributed by atoms with Crippen molar-refractivity contribution in [3.63, 3.8) is 0 Å². The van der Waals surface area contributed by atoms with E-state index in [0.717, 1.165) is 16.7 Å². The minimum Gasteiger partial charge on any atom is -0.428 e. The number of rotatable bonds is 3. The van der Waals surface area contributed by atoms with Crippen LogP contribution < -0.4 is 0 Å². The summed E-state index contributed by atoms with van der Waals surface area (Å²) in [7, 11) is 0. The van der Waals surface area contributed by atoms with Gasteiger partial charge in [0.2, 0.25) is 0 Å². The molecule has 3 rings (SSSR count). The van der Waals surface area contributed by atoms with Gasteiger partial charge in [-0.25, -0.2) is 4.79 Å². The van der Waals surface area contributed by atoms with E-state index in [-0.39, 0.29) is 18.1 Å². The number of aryl methyl sites for hydroxylation is 1. The molecule has 0 spiro atoms. The van der Waals surface area contributed by atoms with E-state index in [0.29, 0.717) is 16.2 Å². The first-order chi connectivity index (χ1) is 14.4. The zero-order valence-electron chi connectivity index (χ0n) is 18.7. The van der Waals surface area contributed by atoms with Gasteiger partial charge >= 0.3 is 6.16 Å². The maximum atomic E-state index is 13.3. The lowest BCUT2D eigenvalue weighted by Crippen LogP contribution is -2.41. The average molecular weight is 443 g/mol. The lowest BCUT2D eigenvalue weighted by molar-refractivity contribution is -0.136. The number of ketones is 1. The molecule has 0 unspecified atom stereocenters. The van der Waals surface area contributed by atoms with Crippen molar-refractivity contribution < 1.29 is 23.8 Å². The van der Waals surface area contributed by atoms with Crippen molar-refractivity contribution in [2.75, 3.05) is 6.61 Å². The number of halogens is 1. The second-order valence-corrected chi connectivity index (χ2v) is 9.47. The topological polar surface area (TPSA) is 61.8 Å². The SMILES string of the molecule is Cc1ccc(-c2ccc(Cl)cc2)cc1C1=C(OC(=O)OC(C)(C)C)COC(C)(C)C1=O. The molecule has 6 heteroatoms. The molecule has 1 aliphatic rings. The van der Waals surface area contributed by atoms with Crippen LogP contribution in [0.1, 0.15) is 45.7 Å². The summed E-state index contributed by atoms with van der Waals surface area (Å²) in [5, 5.41) is 0.646. The molecule has 2 aromatic carbocycles. The lowest BCUT2D eigenvalue weighted by Gasteiger charge is -2.32. The monoisotopic (exact) mass is 442 g/mol. The van der Waals surface area contributed by atoms with Gasteiger partial charge in [0.15, 0.2) is 5.78 Å². The molecule has 1 aliphatic heterocycles. The Morgan fingerprint density at radius 1 is 1.06 bits per heavy atom. The molecule has 5 nitrogen and oxygen atoms in total. The van der Waals surface area contributed by atoms with Crippen LogP contribution in [0.5, 0.6) is 0 Å². The smallest absolute Gasteiger partial charge is 0.428 e. The van der Waals surface area contributed by atoms with Crippen molar-refractivity contribution in [3.8, 4) is 11.1 Å². The van der Waals surface area contributed by atoms with Crippen molar-refractivity contribution >= 4 is 29.1 Å². The summed E-state index contributed by atoms with van der Waals surface area (Å²) in [6, 6.07) is 13.3. The van der Waals surface area contributed by atoms with Crippen LogP contribution in [0, 0.1) is 6.92 Å². The molecule has 0 aliphatic carbocycles. The van der Waals surface area contributed by atoms with E-state index in [1.165, 1.54) is 0 Å². The number of carbonyl (C=O) groups is 2. The summed E-state index contributed by atoms with van der Waals surface area (Å²) in [4.78, 5) is 25.7. The number of carbonyl (C=O) groups excluding carboxylic acids is 2. The van der Waals surface area contributed by atoms with Crippen molar-refractivity contribution in [1.82, 2.24) is 0 Å². The quantitative estimate of drug-likeness (QED) is 0.518. The third-order valence-electron chi connectivity index (χ3n) is 4.90. The van der Waals surface area contributed by atoms with Crippen LogP contribution in [0.3, 0.4) is 0 Å². The molecular formula is C25H27ClO5. The van der Waals surface area contributed by atoms with E-state index in [1.807, 2.05) is 49.4 Å². The Kier molecular flexibility index (Phi) is 6.30. The Morgan fingerprint density at radius 3 is 2.29 bits per heavy atom. The number of Topliss-reactive ketones (excluding diaryl/α,β-unsaturated/α-hetero) is 1. The van der Waals surface area contributed by atoms with Gasteiger partial charge in [-0.05, 0) is 82.0 Å². The van der Waals surface area contributed by atoms with Crippen LogP contribution in [0.4, 0.5) is 4.79 Å². The van der Waals surface area contributed by atoms with Gasteiger partial charge < -0.3 is 14.2 Å². The first-order valence-corrected chi connectivity index (χ1v) is 10.4. The molecule has 0 atom stereocenters. The van der Waals surface area contributed by atoms with Gasteiger partial charge in [0.1, 0.15) is 23.6 Å². The van der Waals surface area contributed by atoms with Gasteiger partial charge in [0.05, 0.1) is 5.57 Å². The van der Waals surface area contributed by atoms with Crippen LogP contribution in [-0.4, -0.2) is 29.7 Å². The number of ether oxygens (including phenoxy) is 3. The van der Waals surface area contributed by atoms with E-state index >= 15 is 0 Å². The summed E-state index contributed by atoms with van der Waals surface area (Å²) in [5.74, 6) is -0.108. The number of hydrogen-bond acceptors (Lipinski definition) is 5. The fraction of sp³-hybridized carbons (Fsp3) is 0.360. The van der Waals surface area contributed by atoms with Gasteiger partial charge in [0.25, 0.3) is 0 Å². The van der Waals surface area contributed by atoms with E-state index < -0.39 is 17.4 Å². The number of hydrogen-bond donors (Lipinski definition) is 0. The molecule has 1 heterocycles. The molecule has 0 radical (unpaired) electrons. The standard InChI is InChI=1S/C25H27ClO5/c1-15-7-8-17(16-9-11-18(26)12-10-16)13-19(15)21-20(14-29-25(5,6)22(21)27)30-23(28)31-24(2,3)4/h7-13H,14H2,1-6H3. The normalized spacial score (nSPS) is 16.3. The van der Waals surface area contributed by atoms with E-state index in [1.54, 1.807) is 34.6 Å². The van der Waals surface area contributed by atoms with Gasteiger partial charge in [0, 0.05) is 5.02 Å². The van der Waals surface area contributed by atoms with Crippen molar-refractivity contribution in [2.24, 2.45) is 0 Å². The van der Waals surface area contributed by atoms with Crippen LogP contribution >= 0.6 is 11.6 Å². The van der Waals surface area contributed by atoms with Gasteiger partial charge in [-0.2, -0.15) is 0 Å². The van der Waals surface area contributed by atoms with Crippen LogP contribution in [0.2, 0.25) is 5.02 Å². The van der Waals surface area contributed by atoms with Crippen LogP contribution in [0.25, 0.3) is 16.7 Å². The molecule has 31 heavy (non-hydrogen) atoms. The van der Waals surface area contributed by atoms with Crippen molar-refractivity contribution in [2.45, 2.75) is 52.7 Å². The molecule has 164 valence electrons. The van der Waals surface area contributed by atoms with Gasteiger partial charge in [-0.3, -0.25) is 4.79 Å². The summed E-state index contributed by atoms with van der Waals surface area (Å²) < 4.78 is 16.4. The predicted octanol–water partition coefficient (Wildman–Crippen LogP) is 6.36. The highest BCUT2D eigenvalue weighted by atomic mass is 35.5. The fourth-order valence-electron chi connectivity index (χ4n) is 3.25. The van der Waals surface area contributed by atoms with E-state index in [4.69, 9.17) is 25.8 Å². The molecule has 0 aromatic heterocycles. The Morgan fingerprint density at radius 2 is 1.68 bits per heavy atom. The van der Waals surface area contributed by atoms with Crippen LogP contribution in [0.15, 0.2) is 48.2 Å². The maximum absolute atomic E-state index is 13.3. The first kappa shape index (κ1) is 23.0. The Hall–Kier alpha value is -2.63.